The summed E-state index contributed by atoms with van der Waals surface area (Å²) in [6.07, 6.45) is 1.40. The van der Waals surface area contributed by atoms with E-state index in [2.05, 4.69) is 20.8 Å². The van der Waals surface area contributed by atoms with Crippen molar-refractivity contribution < 1.29 is 14.5 Å². The number of non-ortho nitro benzene ring substituents is 1. The van der Waals surface area contributed by atoms with Crippen molar-refractivity contribution in [1.29, 1.82) is 0 Å². The quantitative estimate of drug-likeness (QED) is 0.412. The highest BCUT2D eigenvalue weighted by atomic mass is 35.5. The van der Waals surface area contributed by atoms with Crippen molar-refractivity contribution in [2.45, 2.75) is 11.7 Å². The molecule has 0 unspecified atom stereocenters. The summed E-state index contributed by atoms with van der Waals surface area (Å²) in [5.41, 5.74) is 0.943. The molecule has 0 aromatic heterocycles. The van der Waals surface area contributed by atoms with Crippen molar-refractivity contribution in [1.82, 2.24) is 5.32 Å². The van der Waals surface area contributed by atoms with Gasteiger partial charge in [0.15, 0.2) is 5.17 Å². The summed E-state index contributed by atoms with van der Waals surface area (Å²) < 4.78 is 0. The van der Waals surface area contributed by atoms with Crippen LogP contribution in [0.5, 0.6) is 0 Å². The Bertz CT molecular complexity index is 1010. The fourth-order valence-corrected chi connectivity index (χ4v) is 3.41. The molecule has 9 nitrogen and oxygen atoms in total. The van der Waals surface area contributed by atoms with Gasteiger partial charge in [-0.1, -0.05) is 41.6 Å². The minimum absolute atomic E-state index is 0.112. The number of hydrogen-bond acceptors (Lipinski definition) is 7. The number of rotatable bonds is 6. The molecule has 3 rings (SSSR count). The van der Waals surface area contributed by atoms with Crippen LogP contribution in [0.4, 0.5) is 11.4 Å². The van der Waals surface area contributed by atoms with E-state index in [4.69, 9.17) is 11.6 Å². The zero-order valence-electron chi connectivity index (χ0n) is 14.7. The number of nitro groups is 1. The fraction of sp³-hybridized carbons (Fsp3) is 0.111. The van der Waals surface area contributed by atoms with Gasteiger partial charge in [-0.3, -0.25) is 19.7 Å². The van der Waals surface area contributed by atoms with Crippen molar-refractivity contribution in [2.75, 3.05) is 5.32 Å². The topological polar surface area (TPSA) is 126 Å². The van der Waals surface area contributed by atoms with Gasteiger partial charge in [-0.15, -0.1) is 5.10 Å². The average Bonchev–Trinajstić information content (AvgIpc) is 3.02. The van der Waals surface area contributed by atoms with E-state index in [0.717, 1.165) is 17.3 Å². The molecular weight excluding hydrogens is 418 g/mol. The molecule has 29 heavy (non-hydrogen) atoms. The Morgan fingerprint density at radius 2 is 2.07 bits per heavy atom. The largest absolute Gasteiger partial charge is 0.326 e. The summed E-state index contributed by atoms with van der Waals surface area (Å²) in [6.45, 7) is 0. The van der Waals surface area contributed by atoms with E-state index in [1.54, 1.807) is 24.3 Å². The lowest BCUT2D eigenvalue weighted by atomic mass is 10.2. The van der Waals surface area contributed by atoms with Crippen LogP contribution < -0.4 is 10.6 Å². The van der Waals surface area contributed by atoms with Crippen LogP contribution in [0.3, 0.4) is 0 Å². The lowest BCUT2D eigenvalue weighted by Gasteiger charge is -2.07. The van der Waals surface area contributed by atoms with Crippen LogP contribution in [0.1, 0.15) is 12.0 Å². The number of hydrogen-bond donors (Lipinski definition) is 2. The summed E-state index contributed by atoms with van der Waals surface area (Å²) in [5, 5.41) is 24.0. The third-order valence-corrected chi connectivity index (χ3v) is 5.04. The molecule has 1 aliphatic rings. The highest BCUT2D eigenvalue weighted by Gasteiger charge is 2.32. The molecule has 0 aliphatic carbocycles. The number of thioether (sulfide) groups is 1. The number of amides is 2. The number of nitrogens with zero attached hydrogens (tertiary/aromatic N) is 3. The molecule has 2 aromatic carbocycles. The van der Waals surface area contributed by atoms with E-state index in [1.165, 1.54) is 30.5 Å². The smallest absolute Gasteiger partial charge is 0.271 e. The monoisotopic (exact) mass is 431 g/mol. The van der Waals surface area contributed by atoms with Gasteiger partial charge in [0.05, 0.1) is 11.1 Å². The van der Waals surface area contributed by atoms with Gasteiger partial charge in [-0.05, 0) is 23.8 Å². The minimum atomic E-state index is -0.668. The SMILES string of the molecule is O=C(C[C@@H]1S/C(=N/N=C\c2ccc(Cl)cc2)NC1=O)Nc1cccc([N+](=O)[O-])c1. The number of amidine groups is 1. The highest BCUT2D eigenvalue weighted by Crippen LogP contribution is 2.24. The molecule has 0 bridgehead atoms. The number of nitrogens with one attached hydrogen (secondary N) is 2. The van der Waals surface area contributed by atoms with Crippen LogP contribution in [0.25, 0.3) is 0 Å². The van der Waals surface area contributed by atoms with E-state index in [1.807, 2.05) is 0 Å². The fourth-order valence-electron chi connectivity index (χ4n) is 2.36. The molecule has 2 N–H and O–H groups in total. The van der Waals surface area contributed by atoms with Gasteiger partial charge in [-0.25, -0.2) is 0 Å². The third-order valence-electron chi connectivity index (χ3n) is 3.71. The Hall–Kier alpha value is -3.24. The predicted octanol–water partition coefficient (Wildman–Crippen LogP) is 3.20. The molecule has 1 heterocycles. The summed E-state index contributed by atoms with van der Waals surface area (Å²) in [7, 11) is 0. The normalized spacial score (nSPS) is 17.5. The Morgan fingerprint density at radius 3 is 2.79 bits per heavy atom. The van der Waals surface area contributed by atoms with Gasteiger partial charge < -0.3 is 10.6 Å². The molecule has 2 amide bonds. The maximum Gasteiger partial charge on any atom is 0.271 e. The summed E-state index contributed by atoms with van der Waals surface area (Å²) in [4.78, 5) is 34.5. The zero-order valence-corrected chi connectivity index (χ0v) is 16.3. The summed E-state index contributed by atoms with van der Waals surface area (Å²) >= 11 is 6.90. The number of benzene rings is 2. The van der Waals surface area contributed by atoms with Crippen molar-refractivity contribution in [3.05, 3.63) is 69.2 Å². The van der Waals surface area contributed by atoms with Gasteiger partial charge in [0.25, 0.3) is 5.69 Å². The van der Waals surface area contributed by atoms with E-state index >= 15 is 0 Å². The second-order valence-corrected chi connectivity index (χ2v) is 7.48. The second kappa shape index (κ2) is 9.30. The van der Waals surface area contributed by atoms with E-state index in [0.29, 0.717) is 5.02 Å². The molecule has 0 radical (unpaired) electrons. The number of carbonyl (C=O) groups is 2. The van der Waals surface area contributed by atoms with Crippen LogP contribution in [0.2, 0.25) is 5.02 Å². The third kappa shape index (κ3) is 5.87. The first-order valence-corrected chi connectivity index (χ1v) is 9.55. The number of anilines is 1. The Kier molecular flexibility index (Phi) is 6.57. The number of carbonyl (C=O) groups excluding carboxylic acids is 2. The molecular formula is C18H14ClN5O4S. The van der Waals surface area contributed by atoms with Crippen LogP contribution in [0, 0.1) is 10.1 Å². The Labute approximate surface area is 174 Å². The van der Waals surface area contributed by atoms with E-state index in [9.17, 15) is 19.7 Å². The van der Waals surface area contributed by atoms with Gasteiger partial charge in [0.2, 0.25) is 11.8 Å². The zero-order chi connectivity index (χ0) is 20.8. The Balaban J connectivity index is 1.56. The van der Waals surface area contributed by atoms with Crippen molar-refractivity contribution >= 4 is 57.9 Å². The lowest BCUT2D eigenvalue weighted by molar-refractivity contribution is -0.384. The Morgan fingerprint density at radius 1 is 1.31 bits per heavy atom. The standard InChI is InChI=1S/C18H14ClN5O4S/c19-12-6-4-11(5-7-12)10-20-23-18-22-17(26)15(29-18)9-16(25)21-13-2-1-3-14(8-13)24(27)28/h1-8,10,15H,9H2,(H,21,25)(H,22,23,26)/b20-10-/t15-/m0/s1. The van der Waals surface area contributed by atoms with E-state index < -0.39 is 16.1 Å². The van der Waals surface area contributed by atoms with Crippen LogP contribution in [0.15, 0.2) is 58.7 Å². The lowest BCUT2D eigenvalue weighted by Crippen LogP contribution is -2.28. The van der Waals surface area contributed by atoms with E-state index in [-0.39, 0.29) is 28.9 Å². The summed E-state index contributed by atoms with van der Waals surface area (Å²) in [6, 6.07) is 12.6. The van der Waals surface area contributed by atoms with Crippen molar-refractivity contribution in [3.63, 3.8) is 0 Å². The molecule has 11 heteroatoms. The maximum atomic E-state index is 12.2. The molecule has 148 valence electrons. The minimum Gasteiger partial charge on any atom is -0.326 e. The van der Waals surface area contributed by atoms with Crippen LogP contribution in [-0.4, -0.2) is 33.4 Å². The first-order chi connectivity index (χ1) is 13.9. The molecule has 1 fully saturated rings. The predicted molar refractivity (Wildman–Crippen MR) is 112 cm³/mol. The van der Waals surface area contributed by atoms with Crippen molar-refractivity contribution in [3.8, 4) is 0 Å². The number of halogens is 1. The molecule has 1 saturated heterocycles. The average molecular weight is 432 g/mol. The van der Waals surface area contributed by atoms with Gasteiger partial charge >= 0.3 is 0 Å². The molecule has 1 atom stereocenters. The first-order valence-electron chi connectivity index (χ1n) is 8.29. The maximum absolute atomic E-state index is 12.2. The highest BCUT2D eigenvalue weighted by molar-refractivity contribution is 8.15. The van der Waals surface area contributed by atoms with Crippen molar-refractivity contribution in [2.24, 2.45) is 10.2 Å². The van der Waals surface area contributed by atoms with Gasteiger partial charge in [-0.2, -0.15) is 5.10 Å². The summed E-state index contributed by atoms with van der Waals surface area (Å²) in [5.74, 6) is -0.798. The van der Waals surface area contributed by atoms with Crippen LogP contribution in [-0.2, 0) is 9.59 Å². The molecule has 0 spiro atoms. The molecule has 0 saturated carbocycles. The number of nitro benzene ring substituents is 1. The molecule has 2 aromatic rings. The molecule has 1 aliphatic heterocycles. The first kappa shape index (κ1) is 20.5. The van der Waals surface area contributed by atoms with Gasteiger partial charge in [0.1, 0.15) is 5.25 Å². The second-order valence-electron chi connectivity index (χ2n) is 5.86. The van der Waals surface area contributed by atoms with Crippen LogP contribution >= 0.6 is 23.4 Å². The van der Waals surface area contributed by atoms with Gasteiger partial charge in [0, 0.05) is 29.3 Å².